The second kappa shape index (κ2) is 7.27. The molecule has 2 aliphatic heterocycles. The molecule has 3 amide bonds. The van der Waals surface area contributed by atoms with Gasteiger partial charge in [0.1, 0.15) is 5.41 Å². The van der Waals surface area contributed by atoms with E-state index in [9.17, 15) is 19.2 Å². The molecule has 0 aromatic heterocycles. The summed E-state index contributed by atoms with van der Waals surface area (Å²) in [5.41, 5.74) is 2.44. The first-order valence-corrected chi connectivity index (χ1v) is 10.4. The molecule has 6 nitrogen and oxygen atoms in total. The number of hydrogen-bond acceptors (Lipinski definition) is 4. The summed E-state index contributed by atoms with van der Waals surface area (Å²) in [5, 5.41) is 2.94. The van der Waals surface area contributed by atoms with Crippen molar-refractivity contribution in [1.82, 2.24) is 4.90 Å². The molecule has 0 saturated carbocycles. The molecule has 0 fully saturated rings. The molecule has 5 rings (SSSR count). The second-order valence-electron chi connectivity index (χ2n) is 8.10. The summed E-state index contributed by atoms with van der Waals surface area (Å²) < 4.78 is 0. The van der Waals surface area contributed by atoms with Crippen LogP contribution in [0.2, 0.25) is 0 Å². The Morgan fingerprint density at radius 2 is 1.44 bits per heavy atom. The number of imide groups is 1. The highest BCUT2D eigenvalue weighted by Gasteiger charge is 2.49. The fourth-order valence-corrected chi connectivity index (χ4v) is 4.71. The van der Waals surface area contributed by atoms with E-state index in [0.29, 0.717) is 27.9 Å². The zero-order chi connectivity index (χ0) is 22.5. The zero-order valence-electron chi connectivity index (χ0n) is 17.4. The van der Waals surface area contributed by atoms with Crippen LogP contribution in [0.5, 0.6) is 0 Å². The third-order valence-corrected chi connectivity index (χ3v) is 6.40. The van der Waals surface area contributed by atoms with Gasteiger partial charge >= 0.3 is 0 Å². The summed E-state index contributed by atoms with van der Waals surface area (Å²) in [6.07, 6.45) is 0.223. The molecule has 2 heterocycles. The minimum atomic E-state index is -1.08. The van der Waals surface area contributed by atoms with E-state index in [2.05, 4.69) is 5.32 Å². The van der Waals surface area contributed by atoms with E-state index in [-0.39, 0.29) is 36.5 Å². The zero-order valence-corrected chi connectivity index (χ0v) is 17.4. The molecule has 1 N–H and O–H groups in total. The third kappa shape index (κ3) is 2.80. The van der Waals surface area contributed by atoms with Gasteiger partial charge in [0.25, 0.3) is 11.8 Å². The highest BCUT2D eigenvalue weighted by atomic mass is 16.2. The summed E-state index contributed by atoms with van der Waals surface area (Å²) in [5.74, 6) is -0.975. The number of ketones is 1. The molecule has 6 heteroatoms. The van der Waals surface area contributed by atoms with Gasteiger partial charge in [0.15, 0.2) is 5.78 Å². The Morgan fingerprint density at radius 3 is 2.06 bits per heavy atom. The first-order chi connectivity index (χ1) is 15.4. The third-order valence-electron chi connectivity index (χ3n) is 6.40. The van der Waals surface area contributed by atoms with Gasteiger partial charge in [-0.15, -0.1) is 0 Å². The van der Waals surface area contributed by atoms with Gasteiger partial charge in [-0.05, 0) is 42.7 Å². The summed E-state index contributed by atoms with van der Waals surface area (Å²) in [6.45, 7) is 1.58. The number of hydrogen-bond donors (Lipinski definition) is 1. The highest BCUT2D eigenvalue weighted by molar-refractivity contribution is 6.21. The topological polar surface area (TPSA) is 83.6 Å². The molecular weight excluding hydrogens is 404 g/mol. The van der Waals surface area contributed by atoms with Crippen molar-refractivity contribution in [3.63, 3.8) is 0 Å². The van der Waals surface area contributed by atoms with Crippen molar-refractivity contribution in [2.24, 2.45) is 0 Å². The highest BCUT2D eigenvalue weighted by Crippen LogP contribution is 2.45. The lowest BCUT2D eigenvalue weighted by molar-refractivity contribution is -0.119. The number of Topliss-reactive ketones (excluding diaryl/α,β-unsaturated/α-hetero) is 1. The van der Waals surface area contributed by atoms with Crippen LogP contribution in [-0.4, -0.2) is 34.9 Å². The lowest BCUT2D eigenvalue weighted by Gasteiger charge is -2.30. The maximum absolute atomic E-state index is 13.4. The van der Waals surface area contributed by atoms with Gasteiger partial charge in [0.2, 0.25) is 5.91 Å². The Labute approximate surface area is 184 Å². The summed E-state index contributed by atoms with van der Waals surface area (Å²) in [7, 11) is 0. The van der Waals surface area contributed by atoms with Crippen LogP contribution in [0.25, 0.3) is 0 Å². The van der Waals surface area contributed by atoms with Crippen LogP contribution in [-0.2, 0) is 10.2 Å². The SMILES string of the molecule is CC(=O)c1ccc([C@]2(CCN3C(=O)c4ccccc4C3=O)C(=O)Nc3ccccc32)cc1. The van der Waals surface area contributed by atoms with Gasteiger partial charge in [-0.1, -0.05) is 54.6 Å². The average Bonchev–Trinajstić information content (AvgIpc) is 3.23. The fourth-order valence-electron chi connectivity index (χ4n) is 4.71. The van der Waals surface area contributed by atoms with E-state index in [1.807, 2.05) is 24.3 Å². The maximum Gasteiger partial charge on any atom is 0.261 e. The van der Waals surface area contributed by atoms with Crippen LogP contribution in [0.4, 0.5) is 5.69 Å². The molecule has 0 spiro atoms. The molecule has 3 aromatic carbocycles. The number of benzene rings is 3. The lowest BCUT2D eigenvalue weighted by atomic mass is 9.72. The monoisotopic (exact) mass is 424 g/mol. The second-order valence-corrected chi connectivity index (χ2v) is 8.10. The molecule has 2 aliphatic rings. The fraction of sp³-hybridized carbons (Fsp3) is 0.154. The van der Waals surface area contributed by atoms with Gasteiger partial charge < -0.3 is 5.32 Å². The minimum Gasteiger partial charge on any atom is -0.325 e. The number of anilines is 1. The van der Waals surface area contributed by atoms with Crippen LogP contribution in [0.3, 0.4) is 0 Å². The van der Waals surface area contributed by atoms with Crippen LogP contribution in [0, 0.1) is 0 Å². The van der Waals surface area contributed by atoms with Crippen molar-refractivity contribution in [1.29, 1.82) is 0 Å². The molecule has 0 unspecified atom stereocenters. The van der Waals surface area contributed by atoms with Crippen LogP contribution >= 0.6 is 0 Å². The average molecular weight is 424 g/mol. The standard InChI is InChI=1S/C26H20N2O4/c1-16(29)17-10-12-18(13-11-17)26(21-8-4-5-9-22(21)27-25(26)32)14-15-28-23(30)19-6-2-3-7-20(19)24(28)31/h2-13H,14-15H2,1H3,(H,27,32)/t26-/m0/s1. The molecule has 0 saturated heterocycles. The molecule has 1 atom stereocenters. The number of nitrogens with one attached hydrogen (secondary N) is 1. The molecular formula is C26H20N2O4. The largest absolute Gasteiger partial charge is 0.325 e. The molecule has 32 heavy (non-hydrogen) atoms. The number of fused-ring (bicyclic) bond motifs is 2. The Balaban J connectivity index is 1.55. The minimum absolute atomic E-state index is 0.0621. The quantitative estimate of drug-likeness (QED) is 0.499. The number of carbonyl (C=O) groups is 4. The van der Waals surface area contributed by atoms with Crippen molar-refractivity contribution in [3.05, 3.63) is 101 Å². The van der Waals surface area contributed by atoms with E-state index in [0.717, 1.165) is 5.56 Å². The van der Waals surface area contributed by atoms with E-state index in [1.54, 1.807) is 48.5 Å². The van der Waals surface area contributed by atoms with Crippen molar-refractivity contribution in [3.8, 4) is 0 Å². The number of nitrogens with zero attached hydrogens (tertiary/aromatic N) is 1. The first kappa shape index (κ1) is 19.9. The predicted molar refractivity (Wildman–Crippen MR) is 119 cm³/mol. The molecule has 0 radical (unpaired) electrons. The Morgan fingerprint density at radius 1 is 0.844 bits per heavy atom. The van der Waals surface area contributed by atoms with Crippen molar-refractivity contribution >= 4 is 29.2 Å². The van der Waals surface area contributed by atoms with Crippen molar-refractivity contribution in [2.45, 2.75) is 18.8 Å². The van der Waals surface area contributed by atoms with E-state index in [4.69, 9.17) is 0 Å². The first-order valence-electron chi connectivity index (χ1n) is 10.4. The molecule has 3 aromatic rings. The van der Waals surface area contributed by atoms with E-state index in [1.165, 1.54) is 11.8 Å². The van der Waals surface area contributed by atoms with Gasteiger partial charge in [-0.3, -0.25) is 24.1 Å². The van der Waals surface area contributed by atoms with Gasteiger partial charge in [0, 0.05) is 17.8 Å². The normalized spacial score (nSPS) is 19.0. The molecule has 0 aliphatic carbocycles. The molecule has 158 valence electrons. The summed E-state index contributed by atoms with van der Waals surface area (Å²) in [6, 6.07) is 21.1. The van der Waals surface area contributed by atoms with Crippen LogP contribution in [0.1, 0.15) is 55.5 Å². The number of rotatable bonds is 5. The summed E-state index contributed by atoms with van der Waals surface area (Å²) >= 11 is 0. The number of carbonyl (C=O) groups excluding carboxylic acids is 4. The van der Waals surface area contributed by atoms with Crippen LogP contribution < -0.4 is 5.32 Å². The summed E-state index contributed by atoms with van der Waals surface area (Å²) in [4.78, 5) is 52.1. The Kier molecular flexibility index (Phi) is 4.51. The van der Waals surface area contributed by atoms with Crippen LogP contribution in [0.15, 0.2) is 72.8 Å². The van der Waals surface area contributed by atoms with Crippen molar-refractivity contribution in [2.75, 3.05) is 11.9 Å². The lowest BCUT2D eigenvalue weighted by Crippen LogP contribution is -2.41. The van der Waals surface area contributed by atoms with E-state index < -0.39 is 5.41 Å². The number of para-hydroxylation sites is 1. The Hall–Kier alpha value is -4.06. The maximum atomic E-state index is 13.4. The van der Waals surface area contributed by atoms with Gasteiger partial charge in [-0.2, -0.15) is 0 Å². The van der Waals surface area contributed by atoms with Gasteiger partial charge in [-0.25, -0.2) is 0 Å². The number of amides is 3. The van der Waals surface area contributed by atoms with Crippen molar-refractivity contribution < 1.29 is 19.2 Å². The van der Waals surface area contributed by atoms with Gasteiger partial charge in [0.05, 0.1) is 11.1 Å². The Bertz CT molecular complexity index is 1260. The predicted octanol–water partition coefficient (Wildman–Crippen LogP) is 3.81. The smallest absolute Gasteiger partial charge is 0.261 e. The van der Waals surface area contributed by atoms with E-state index >= 15 is 0 Å². The molecule has 0 bridgehead atoms.